The van der Waals surface area contributed by atoms with Crippen LogP contribution in [-0.4, -0.2) is 49.2 Å². The number of carbonyl (C=O) groups excluding carboxylic acids is 4. The Hall–Kier alpha value is -4.22. The van der Waals surface area contributed by atoms with Crippen LogP contribution in [0.15, 0.2) is 41.4 Å². The van der Waals surface area contributed by atoms with Crippen LogP contribution in [0.2, 0.25) is 0 Å². The molecular formula is C23H21F3N4O5. The second kappa shape index (κ2) is 10.4. The molecule has 0 saturated carbocycles. The quantitative estimate of drug-likeness (QED) is 0.663. The highest BCUT2D eigenvalue weighted by molar-refractivity contribution is 6.47. The van der Waals surface area contributed by atoms with Crippen molar-refractivity contribution in [3.05, 3.63) is 59.4 Å². The third-order valence-corrected chi connectivity index (χ3v) is 5.14. The van der Waals surface area contributed by atoms with E-state index in [-0.39, 0.29) is 18.2 Å². The van der Waals surface area contributed by atoms with Gasteiger partial charge < -0.3 is 19.9 Å². The summed E-state index contributed by atoms with van der Waals surface area (Å²) in [4.78, 5) is 55.9. The van der Waals surface area contributed by atoms with Crippen molar-refractivity contribution in [2.75, 3.05) is 23.4 Å². The van der Waals surface area contributed by atoms with E-state index in [9.17, 15) is 32.3 Å². The van der Waals surface area contributed by atoms with Gasteiger partial charge in [0.05, 0.1) is 17.9 Å². The van der Waals surface area contributed by atoms with E-state index in [2.05, 4.69) is 10.3 Å². The number of hydrogen-bond acceptors (Lipinski definition) is 5. The van der Waals surface area contributed by atoms with E-state index < -0.39 is 53.6 Å². The number of alkyl carbamates (subject to hydrolysis) is 1. The lowest BCUT2D eigenvalue weighted by molar-refractivity contribution is -0.125. The normalized spacial score (nSPS) is 15.4. The number of anilines is 2. The van der Waals surface area contributed by atoms with Gasteiger partial charge in [-0.05, 0) is 25.1 Å². The highest BCUT2D eigenvalue weighted by Gasteiger charge is 2.31. The summed E-state index contributed by atoms with van der Waals surface area (Å²) in [6.07, 6.45) is -2.65. The molecule has 35 heavy (non-hydrogen) atoms. The van der Waals surface area contributed by atoms with E-state index in [0.29, 0.717) is 23.5 Å². The number of amides is 4. The van der Waals surface area contributed by atoms with Gasteiger partial charge in [-0.3, -0.25) is 14.4 Å². The third kappa shape index (κ3) is 5.65. The maximum absolute atomic E-state index is 13.7. The van der Waals surface area contributed by atoms with Gasteiger partial charge in [-0.15, -0.1) is 0 Å². The summed E-state index contributed by atoms with van der Waals surface area (Å²) in [6.45, 7) is 1.60. The van der Waals surface area contributed by atoms with E-state index in [1.165, 1.54) is 30.7 Å². The van der Waals surface area contributed by atoms with Crippen molar-refractivity contribution in [1.29, 1.82) is 0 Å². The van der Waals surface area contributed by atoms with Crippen LogP contribution in [0.1, 0.15) is 19.4 Å². The number of fused-ring (bicyclic) bond motifs is 1. The predicted molar refractivity (Wildman–Crippen MR) is 119 cm³/mol. The lowest BCUT2D eigenvalue weighted by atomic mass is 10.2. The van der Waals surface area contributed by atoms with Crippen LogP contribution in [0.3, 0.4) is 0 Å². The van der Waals surface area contributed by atoms with Crippen LogP contribution in [0.25, 0.3) is 0 Å². The molecule has 4 amide bonds. The van der Waals surface area contributed by atoms with Crippen LogP contribution in [0, 0.1) is 17.5 Å². The minimum atomic E-state index is -1.47. The van der Waals surface area contributed by atoms with Crippen LogP contribution in [0.5, 0.6) is 0 Å². The first-order valence-corrected chi connectivity index (χ1v) is 10.3. The first-order chi connectivity index (χ1) is 16.5. The minimum Gasteiger partial charge on any atom is -0.436 e. The number of para-hydroxylation sites is 2. The van der Waals surface area contributed by atoms with Crippen molar-refractivity contribution in [3.8, 4) is 0 Å². The van der Waals surface area contributed by atoms with Gasteiger partial charge in [0.2, 0.25) is 5.91 Å². The van der Waals surface area contributed by atoms with Gasteiger partial charge in [0.15, 0.2) is 17.7 Å². The molecule has 1 N–H and O–H groups in total. The van der Waals surface area contributed by atoms with Crippen molar-refractivity contribution in [1.82, 2.24) is 5.32 Å². The fourth-order valence-electron chi connectivity index (χ4n) is 3.33. The largest absolute Gasteiger partial charge is 0.436 e. The Morgan fingerprint density at radius 2 is 1.80 bits per heavy atom. The third-order valence-electron chi connectivity index (χ3n) is 5.14. The Morgan fingerprint density at radius 1 is 1.14 bits per heavy atom. The molecule has 9 nitrogen and oxygen atoms in total. The second-order valence-corrected chi connectivity index (χ2v) is 7.62. The highest BCUT2D eigenvalue weighted by atomic mass is 19.2. The summed E-state index contributed by atoms with van der Waals surface area (Å²) >= 11 is 0. The minimum absolute atomic E-state index is 0.253. The average Bonchev–Trinajstić information content (AvgIpc) is 2.91. The lowest BCUT2D eigenvalue weighted by Gasteiger charge is -2.21. The molecule has 1 atom stereocenters. The first kappa shape index (κ1) is 25.4. The van der Waals surface area contributed by atoms with Crippen LogP contribution >= 0.6 is 0 Å². The van der Waals surface area contributed by atoms with Gasteiger partial charge in [-0.25, -0.2) is 23.0 Å². The van der Waals surface area contributed by atoms with Gasteiger partial charge in [-0.2, -0.15) is 0 Å². The molecule has 12 heteroatoms. The molecule has 1 aliphatic heterocycles. The molecule has 0 saturated heterocycles. The monoisotopic (exact) mass is 490 g/mol. The Morgan fingerprint density at radius 3 is 2.46 bits per heavy atom. The first-order valence-electron chi connectivity index (χ1n) is 10.3. The van der Waals surface area contributed by atoms with Gasteiger partial charge in [-0.1, -0.05) is 12.1 Å². The zero-order valence-corrected chi connectivity index (χ0v) is 19.0. The predicted octanol–water partition coefficient (Wildman–Crippen LogP) is 2.72. The summed E-state index contributed by atoms with van der Waals surface area (Å²) < 4.78 is 45.1. The van der Waals surface area contributed by atoms with Gasteiger partial charge >= 0.3 is 6.09 Å². The number of benzene rings is 2. The van der Waals surface area contributed by atoms with Crippen molar-refractivity contribution in [2.45, 2.75) is 26.5 Å². The number of nitrogens with zero attached hydrogens (tertiary/aromatic N) is 3. The molecular weight excluding hydrogens is 469 g/mol. The molecule has 0 radical (unpaired) electrons. The number of hydrogen-bond donors (Lipinski definition) is 1. The molecule has 3 rings (SSSR count). The molecule has 0 spiro atoms. The number of carbonyl (C=O) groups is 4. The van der Waals surface area contributed by atoms with Crippen LogP contribution in [-0.2, 0) is 25.7 Å². The smallest absolute Gasteiger partial charge is 0.408 e. The molecule has 184 valence electrons. The number of aliphatic imine (C=N–C) groups is 1. The topological polar surface area (TPSA) is 108 Å². The molecule has 2 aromatic rings. The van der Waals surface area contributed by atoms with Crippen LogP contribution in [0.4, 0.5) is 29.3 Å². The lowest BCUT2D eigenvalue weighted by Crippen LogP contribution is -2.39. The Kier molecular flexibility index (Phi) is 7.52. The Bertz CT molecular complexity index is 1230. The molecule has 2 aromatic carbocycles. The van der Waals surface area contributed by atoms with Gasteiger partial charge in [0.25, 0.3) is 11.8 Å². The van der Waals surface area contributed by atoms with Gasteiger partial charge in [0, 0.05) is 32.1 Å². The molecule has 0 aromatic heterocycles. The maximum atomic E-state index is 13.7. The molecule has 0 bridgehead atoms. The van der Waals surface area contributed by atoms with Crippen molar-refractivity contribution in [2.24, 2.45) is 4.99 Å². The summed E-state index contributed by atoms with van der Waals surface area (Å²) in [6, 6.07) is 7.72. The summed E-state index contributed by atoms with van der Waals surface area (Å²) in [5.74, 6) is -5.80. The second-order valence-electron chi connectivity index (χ2n) is 7.62. The number of ether oxygens (including phenoxy) is 1. The van der Waals surface area contributed by atoms with E-state index in [0.717, 1.165) is 0 Å². The van der Waals surface area contributed by atoms with Gasteiger partial charge in [0.1, 0.15) is 11.5 Å². The van der Waals surface area contributed by atoms with Crippen molar-refractivity contribution >= 4 is 40.9 Å². The number of halogens is 3. The fraction of sp³-hybridized carbons (Fsp3) is 0.261. The molecule has 1 heterocycles. The van der Waals surface area contributed by atoms with Crippen molar-refractivity contribution < 1.29 is 37.1 Å². The molecule has 0 fully saturated rings. The van der Waals surface area contributed by atoms with E-state index in [4.69, 9.17) is 4.74 Å². The van der Waals surface area contributed by atoms with E-state index in [1.54, 1.807) is 24.3 Å². The highest BCUT2D eigenvalue weighted by Crippen LogP contribution is 2.31. The average molecular weight is 490 g/mol. The number of nitrogens with one attached hydrogen (secondary N) is 1. The zero-order valence-electron chi connectivity index (χ0n) is 19.0. The maximum Gasteiger partial charge on any atom is 0.408 e. The summed E-state index contributed by atoms with van der Waals surface area (Å²) in [5, 5.41) is 2.08. The molecule has 1 aliphatic rings. The number of rotatable bonds is 4. The molecule has 0 unspecified atom stereocenters. The fourth-order valence-corrected chi connectivity index (χ4v) is 3.33. The Balaban J connectivity index is 1.71. The SMILES string of the molecule is CC(=O)N1CC(=NC(=O)[C@H](C)OC(=O)NCc2cc(F)cc(F)c2F)C(=O)N(C)c2ccccc21. The van der Waals surface area contributed by atoms with Crippen molar-refractivity contribution in [3.63, 3.8) is 0 Å². The standard InChI is InChI=1S/C23H21F3N4O5/c1-12(35-23(34)27-10-14-8-15(24)9-16(25)20(14)26)21(32)28-17-11-30(13(2)31)19-7-5-4-6-18(19)29(3)22(17)33/h4-9,12H,10-11H2,1-3H3,(H,27,34)/t12-/m0/s1. The summed E-state index contributed by atoms with van der Waals surface area (Å²) in [7, 11) is 1.46. The molecule has 0 aliphatic carbocycles. The van der Waals surface area contributed by atoms with E-state index in [1.807, 2.05) is 0 Å². The van der Waals surface area contributed by atoms with E-state index >= 15 is 0 Å². The Labute approximate surface area is 198 Å². The zero-order chi connectivity index (χ0) is 25.9. The van der Waals surface area contributed by atoms with Crippen LogP contribution < -0.4 is 15.1 Å². The summed E-state index contributed by atoms with van der Waals surface area (Å²) in [5.41, 5.74) is 0.181.